The molecule has 1 N–H and O–H groups in total. The first-order valence-corrected chi connectivity index (χ1v) is 7.89. The molecule has 0 aliphatic heterocycles. The van der Waals surface area contributed by atoms with Crippen molar-refractivity contribution >= 4 is 28.9 Å². The lowest BCUT2D eigenvalue weighted by Crippen LogP contribution is -2.07. The zero-order valence-corrected chi connectivity index (χ0v) is 14.8. The van der Waals surface area contributed by atoms with Gasteiger partial charge in [0.25, 0.3) is 0 Å². The van der Waals surface area contributed by atoms with Crippen LogP contribution in [0.25, 0.3) is 0 Å². The summed E-state index contributed by atoms with van der Waals surface area (Å²) in [7, 11) is 1.28. The molecule has 126 valence electrons. The van der Waals surface area contributed by atoms with E-state index in [0.717, 1.165) is 5.56 Å². The monoisotopic (exact) mass is 346 g/mol. The highest BCUT2D eigenvalue weighted by molar-refractivity contribution is 6.30. The second-order valence-corrected chi connectivity index (χ2v) is 5.76. The third kappa shape index (κ3) is 3.41. The number of ether oxygens (including phenoxy) is 1. The van der Waals surface area contributed by atoms with Gasteiger partial charge in [-0.15, -0.1) is 5.11 Å². The summed E-state index contributed by atoms with van der Waals surface area (Å²) in [5, 5.41) is 19.5. The van der Waals surface area contributed by atoms with E-state index in [1.54, 1.807) is 31.2 Å². The fourth-order valence-corrected chi connectivity index (χ4v) is 2.72. The Labute approximate surface area is 145 Å². The lowest BCUT2D eigenvalue weighted by molar-refractivity contribution is 0.0596. The summed E-state index contributed by atoms with van der Waals surface area (Å²) in [6, 6.07) is 6.95. The van der Waals surface area contributed by atoms with Crippen LogP contribution in [0.1, 0.15) is 34.0 Å². The Morgan fingerprint density at radius 3 is 2.33 bits per heavy atom. The van der Waals surface area contributed by atoms with E-state index >= 15 is 0 Å². The number of rotatable bonds is 4. The molecule has 0 saturated carbocycles. The fraction of sp³-hybridized carbons (Fsp3) is 0.278. The van der Waals surface area contributed by atoms with Gasteiger partial charge in [0.15, 0.2) is 0 Å². The molecule has 2 rings (SSSR count). The molecule has 0 unspecified atom stereocenters. The van der Waals surface area contributed by atoms with Crippen molar-refractivity contribution in [1.29, 1.82) is 0 Å². The van der Waals surface area contributed by atoms with Crippen LogP contribution in [0.15, 0.2) is 34.5 Å². The van der Waals surface area contributed by atoms with E-state index in [1.165, 1.54) is 7.11 Å². The minimum Gasteiger partial charge on any atom is -0.507 e. The zero-order chi connectivity index (χ0) is 17.9. The van der Waals surface area contributed by atoms with Gasteiger partial charge in [-0.1, -0.05) is 18.5 Å². The van der Waals surface area contributed by atoms with Crippen molar-refractivity contribution in [2.75, 3.05) is 7.11 Å². The number of phenols is 1. The molecule has 5 nitrogen and oxygen atoms in total. The topological polar surface area (TPSA) is 71.2 Å². The first kappa shape index (κ1) is 17.9. The molecular formula is C18H19ClN2O3. The molecule has 2 aromatic carbocycles. The van der Waals surface area contributed by atoms with Crippen LogP contribution in [-0.2, 0) is 11.2 Å². The molecule has 0 heterocycles. The third-order valence-corrected chi connectivity index (χ3v) is 4.15. The summed E-state index contributed by atoms with van der Waals surface area (Å²) >= 11 is 5.86. The minimum absolute atomic E-state index is 0.0511. The number of aromatic hydroxyl groups is 1. The van der Waals surface area contributed by atoms with Crippen molar-refractivity contribution in [3.63, 3.8) is 0 Å². The second kappa shape index (κ2) is 7.45. The zero-order valence-electron chi connectivity index (χ0n) is 14.1. The van der Waals surface area contributed by atoms with Crippen molar-refractivity contribution in [2.45, 2.75) is 27.2 Å². The summed E-state index contributed by atoms with van der Waals surface area (Å²) in [5.41, 5.74) is 3.31. The maximum absolute atomic E-state index is 12.0. The summed E-state index contributed by atoms with van der Waals surface area (Å²) in [6.07, 6.45) is 0.561. The van der Waals surface area contributed by atoms with Gasteiger partial charge in [0.2, 0.25) is 0 Å². The Morgan fingerprint density at radius 1 is 1.17 bits per heavy atom. The lowest BCUT2D eigenvalue weighted by Gasteiger charge is -2.16. The smallest absolute Gasteiger partial charge is 0.342 e. The summed E-state index contributed by atoms with van der Waals surface area (Å²) in [6.45, 7) is 5.47. The maximum Gasteiger partial charge on any atom is 0.342 e. The number of hydrogen-bond acceptors (Lipinski definition) is 5. The van der Waals surface area contributed by atoms with Crippen LogP contribution >= 0.6 is 11.6 Å². The van der Waals surface area contributed by atoms with Crippen LogP contribution in [0.5, 0.6) is 5.75 Å². The first-order chi connectivity index (χ1) is 11.4. The van der Waals surface area contributed by atoms with Crippen LogP contribution in [0, 0.1) is 13.8 Å². The summed E-state index contributed by atoms with van der Waals surface area (Å²) < 4.78 is 4.78. The number of carbonyl (C=O) groups is 1. The molecule has 0 spiro atoms. The molecule has 0 atom stereocenters. The van der Waals surface area contributed by atoms with Gasteiger partial charge >= 0.3 is 5.97 Å². The average Bonchev–Trinajstić information content (AvgIpc) is 2.56. The van der Waals surface area contributed by atoms with Crippen LogP contribution in [0.4, 0.5) is 11.4 Å². The van der Waals surface area contributed by atoms with Crippen molar-refractivity contribution in [3.05, 3.63) is 51.5 Å². The van der Waals surface area contributed by atoms with Crippen LogP contribution in [0.2, 0.25) is 5.02 Å². The normalized spacial score (nSPS) is 11.0. The van der Waals surface area contributed by atoms with Gasteiger partial charge in [0.05, 0.1) is 18.5 Å². The molecule has 24 heavy (non-hydrogen) atoms. The Kier molecular flexibility index (Phi) is 5.57. The Bertz CT molecular complexity index is 799. The number of benzene rings is 2. The number of phenolic OH excluding ortho intramolecular Hbond substituents is 1. The van der Waals surface area contributed by atoms with Gasteiger partial charge in [0.1, 0.15) is 11.3 Å². The van der Waals surface area contributed by atoms with Gasteiger partial charge in [0, 0.05) is 5.02 Å². The molecule has 0 amide bonds. The molecule has 0 fully saturated rings. The first-order valence-electron chi connectivity index (χ1n) is 7.51. The molecule has 2 aromatic rings. The van der Waals surface area contributed by atoms with Gasteiger partial charge in [-0.2, -0.15) is 5.11 Å². The lowest BCUT2D eigenvalue weighted by atomic mass is 9.94. The predicted molar refractivity (Wildman–Crippen MR) is 93.9 cm³/mol. The number of carbonyl (C=O) groups excluding carboxylic acids is 1. The average molecular weight is 347 g/mol. The number of methoxy groups -OCH3 is 1. The highest BCUT2D eigenvalue weighted by atomic mass is 35.5. The SMILES string of the molecule is CCc1c(C)c(N=Nc2ccc(Cl)cc2)c(C)c(C(=O)OC)c1O. The second-order valence-electron chi connectivity index (χ2n) is 5.32. The largest absolute Gasteiger partial charge is 0.507 e. The van der Waals surface area contributed by atoms with E-state index in [-0.39, 0.29) is 11.3 Å². The standard InChI is InChI=1S/C18H19ClN2O3/c1-5-14-10(2)16(11(3)15(17(14)22)18(23)24-4)21-20-13-8-6-12(19)7-9-13/h6-9,22H,5H2,1-4H3. The van der Waals surface area contributed by atoms with Crippen molar-refractivity contribution in [1.82, 2.24) is 0 Å². The van der Waals surface area contributed by atoms with E-state index in [2.05, 4.69) is 10.2 Å². The molecule has 0 bridgehead atoms. The van der Waals surface area contributed by atoms with Gasteiger partial charge in [-0.25, -0.2) is 4.79 Å². The third-order valence-electron chi connectivity index (χ3n) is 3.90. The van der Waals surface area contributed by atoms with Gasteiger partial charge < -0.3 is 9.84 Å². The van der Waals surface area contributed by atoms with E-state index in [9.17, 15) is 9.90 Å². The number of hydrogen-bond donors (Lipinski definition) is 1. The number of esters is 1. The number of halogens is 1. The summed E-state index contributed by atoms with van der Waals surface area (Å²) in [5.74, 6) is -0.646. The van der Waals surface area contributed by atoms with Crippen LogP contribution < -0.4 is 0 Å². The Hall–Kier alpha value is -2.40. The van der Waals surface area contributed by atoms with Crippen molar-refractivity contribution in [2.24, 2.45) is 10.2 Å². The van der Waals surface area contributed by atoms with E-state index < -0.39 is 5.97 Å². The molecule has 0 radical (unpaired) electrons. The molecule has 0 saturated heterocycles. The highest BCUT2D eigenvalue weighted by Crippen LogP contribution is 2.39. The minimum atomic E-state index is -0.595. The van der Waals surface area contributed by atoms with E-state index in [1.807, 2.05) is 13.8 Å². The highest BCUT2D eigenvalue weighted by Gasteiger charge is 2.23. The van der Waals surface area contributed by atoms with Gasteiger partial charge in [-0.3, -0.25) is 0 Å². The van der Waals surface area contributed by atoms with Crippen molar-refractivity contribution in [3.8, 4) is 5.75 Å². The van der Waals surface area contributed by atoms with Crippen molar-refractivity contribution < 1.29 is 14.6 Å². The summed E-state index contributed by atoms with van der Waals surface area (Å²) in [4.78, 5) is 12.0. The molecule has 0 aliphatic carbocycles. The predicted octanol–water partition coefficient (Wildman–Crippen LogP) is 5.43. The van der Waals surface area contributed by atoms with Gasteiger partial charge in [-0.05, 0) is 61.2 Å². The fourth-order valence-electron chi connectivity index (χ4n) is 2.60. The maximum atomic E-state index is 12.0. The van der Waals surface area contributed by atoms with E-state index in [4.69, 9.17) is 16.3 Å². The molecule has 0 aliphatic rings. The molecular weight excluding hydrogens is 328 g/mol. The van der Waals surface area contributed by atoms with E-state index in [0.29, 0.717) is 33.9 Å². The van der Waals surface area contributed by atoms with Crippen LogP contribution in [0.3, 0.4) is 0 Å². The van der Waals surface area contributed by atoms with Crippen LogP contribution in [-0.4, -0.2) is 18.2 Å². The number of nitrogens with zero attached hydrogens (tertiary/aromatic N) is 2. The Balaban J connectivity index is 2.60. The Morgan fingerprint density at radius 2 is 1.79 bits per heavy atom. The quantitative estimate of drug-likeness (QED) is 0.593. The molecule has 6 heteroatoms. The molecule has 0 aromatic heterocycles. The number of azo groups is 1.